The average molecular weight is 304 g/mol. The molecule has 0 aliphatic rings. The molecule has 0 atom stereocenters. The van der Waals surface area contributed by atoms with Crippen molar-refractivity contribution >= 4 is 17.5 Å². The Kier molecular flexibility index (Phi) is 4.36. The van der Waals surface area contributed by atoms with Gasteiger partial charge >= 0.3 is 6.09 Å². The second-order valence-corrected chi connectivity index (χ2v) is 4.68. The van der Waals surface area contributed by atoms with Gasteiger partial charge in [0.25, 0.3) is 5.69 Å². The highest BCUT2D eigenvalue weighted by Crippen LogP contribution is 2.25. The molecule has 22 heavy (non-hydrogen) atoms. The summed E-state index contributed by atoms with van der Waals surface area (Å²) in [5.41, 5.74) is 1.30. The largest absolute Gasteiger partial charge is 0.417 e. The lowest BCUT2D eigenvalue weighted by Gasteiger charge is -2.08. The van der Waals surface area contributed by atoms with Gasteiger partial charge in [-0.1, -0.05) is 6.07 Å². The van der Waals surface area contributed by atoms with Crippen LogP contribution >= 0.6 is 0 Å². The maximum atomic E-state index is 13.0. The fourth-order valence-electron chi connectivity index (χ4n) is 1.78. The zero-order valence-corrected chi connectivity index (χ0v) is 11.9. The van der Waals surface area contributed by atoms with Gasteiger partial charge in [0.1, 0.15) is 17.3 Å². The average Bonchev–Trinajstić information content (AvgIpc) is 2.44. The Morgan fingerprint density at radius 1 is 1.18 bits per heavy atom. The lowest BCUT2D eigenvalue weighted by molar-refractivity contribution is -0.384. The molecule has 0 spiro atoms. The number of nitrogens with one attached hydrogen (secondary N) is 1. The fourth-order valence-corrected chi connectivity index (χ4v) is 1.78. The number of benzene rings is 2. The van der Waals surface area contributed by atoms with Crippen LogP contribution in [0.5, 0.6) is 5.75 Å². The van der Waals surface area contributed by atoms with Crippen molar-refractivity contribution in [3.05, 3.63) is 63.5 Å². The lowest BCUT2D eigenvalue weighted by Crippen LogP contribution is -2.17. The number of hydrogen-bond donors (Lipinski definition) is 1. The normalized spacial score (nSPS) is 10.1. The number of nitro groups is 1. The minimum atomic E-state index is -0.891. The number of nitrogens with zero attached hydrogens (tertiary/aromatic N) is 1. The molecule has 0 saturated heterocycles. The van der Waals surface area contributed by atoms with Crippen LogP contribution < -0.4 is 10.1 Å². The van der Waals surface area contributed by atoms with Gasteiger partial charge in [-0.2, -0.15) is 0 Å². The summed E-state index contributed by atoms with van der Waals surface area (Å²) in [6.07, 6.45) is -0.891. The lowest BCUT2D eigenvalue weighted by atomic mass is 10.1. The molecular weight excluding hydrogens is 291 g/mol. The number of ether oxygens (including phenoxy) is 1. The molecule has 0 saturated carbocycles. The Morgan fingerprint density at radius 2 is 1.91 bits per heavy atom. The Morgan fingerprint density at radius 3 is 2.55 bits per heavy atom. The monoisotopic (exact) mass is 304 g/mol. The number of halogens is 1. The number of amides is 1. The van der Waals surface area contributed by atoms with Gasteiger partial charge in [0.05, 0.1) is 11.0 Å². The molecule has 2 rings (SSSR count). The summed E-state index contributed by atoms with van der Waals surface area (Å²) in [6, 6.07) is 7.92. The van der Waals surface area contributed by atoms with Crippen molar-refractivity contribution in [2.45, 2.75) is 13.8 Å². The number of anilines is 1. The van der Waals surface area contributed by atoms with Crippen LogP contribution in [0.2, 0.25) is 0 Å². The van der Waals surface area contributed by atoms with E-state index in [4.69, 9.17) is 4.74 Å². The minimum Gasteiger partial charge on any atom is -0.410 e. The number of carbonyl (C=O) groups excluding carboxylic acids is 1. The highest BCUT2D eigenvalue weighted by Gasteiger charge is 2.17. The molecule has 0 unspecified atom stereocenters. The van der Waals surface area contributed by atoms with E-state index in [0.29, 0.717) is 5.75 Å². The second kappa shape index (κ2) is 6.21. The highest BCUT2D eigenvalue weighted by atomic mass is 19.1. The first kappa shape index (κ1) is 15.4. The zero-order chi connectivity index (χ0) is 16.3. The van der Waals surface area contributed by atoms with Gasteiger partial charge in [0, 0.05) is 0 Å². The predicted molar refractivity (Wildman–Crippen MR) is 78.6 cm³/mol. The Hall–Kier alpha value is -2.96. The molecule has 0 aliphatic carbocycles. The summed E-state index contributed by atoms with van der Waals surface area (Å²) in [4.78, 5) is 21.8. The van der Waals surface area contributed by atoms with Gasteiger partial charge < -0.3 is 4.74 Å². The SMILES string of the molecule is Cc1ccc(OC(=O)Nc2ccc(F)cc2[N+](=O)[O-])cc1C. The quantitative estimate of drug-likeness (QED) is 0.687. The van der Waals surface area contributed by atoms with Gasteiger partial charge in [-0.25, -0.2) is 9.18 Å². The third kappa shape index (κ3) is 3.57. The molecule has 0 aliphatic heterocycles. The third-order valence-corrected chi connectivity index (χ3v) is 3.08. The van der Waals surface area contributed by atoms with Crippen molar-refractivity contribution in [2.75, 3.05) is 5.32 Å². The first-order chi connectivity index (χ1) is 10.4. The maximum Gasteiger partial charge on any atom is 0.417 e. The number of rotatable bonds is 3. The van der Waals surface area contributed by atoms with Gasteiger partial charge in [-0.3, -0.25) is 15.4 Å². The van der Waals surface area contributed by atoms with Gasteiger partial charge in [-0.05, 0) is 49.2 Å². The molecule has 1 amide bonds. The second-order valence-electron chi connectivity index (χ2n) is 4.68. The summed E-state index contributed by atoms with van der Waals surface area (Å²) in [7, 11) is 0. The van der Waals surface area contributed by atoms with Crippen molar-refractivity contribution in [3.8, 4) is 5.75 Å². The van der Waals surface area contributed by atoms with E-state index in [0.717, 1.165) is 29.3 Å². The van der Waals surface area contributed by atoms with Crippen LogP contribution in [-0.2, 0) is 0 Å². The molecule has 0 aromatic heterocycles. The highest BCUT2D eigenvalue weighted by molar-refractivity contribution is 5.89. The first-order valence-electron chi connectivity index (χ1n) is 6.37. The fraction of sp³-hybridized carbons (Fsp3) is 0.133. The standard InChI is InChI=1S/C15H13FN2O4/c1-9-3-5-12(7-10(9)2)22-15(19)17-13-6-4-11(16)8-14(13)18(20)21/h3-8H,1-2H3,(H,17,19). The van der Waals surface area contributed by atoms with E-state index >= 15 is 0 Å². The summed E-state index contributed by atoms with van der Waals surface area (Å²) >= 11 is 0. The van der Waals surface area contributed by atoms with E-state index in [2.05, 4.69) is 5.32 Å². The molecular formula is C15H13FN2O4. The predicted octanol–water partition coefficient (Wildman–Crippen LogP) is 3.96. The number of carbonyl (C=O) groups is 1. The van der Waals surface area contributed by atoms with Crippen LogP contribution in [0.15, 0.2) is 36.4 Å². The third-order valence-electron chi connectivity index (χ3n) is 3.08. The molecule has 114 valence electrons. The van der Waals surface area contributed by atoms with Crippen molar-refractivity contribution in [1.82, 2.24) is 0 Å². The first-order valence-corrected chi connectivity index (χ1v) is 6.37. The minimum absolute atomic E-state index is 0.139. The molecule has 1 N–H and O–H groups in total. The van der Waals surface area contributed by atoms with E-state index in [-0.39, 0.29) is 5.69 Å². The number of aryl methyl sites for hydroxylation is 2. The van der Waals surface area contributed by atoms with Crippen LogP contribution in [0.4, 0.5) is 20.6 Å². The molecule has 0 fully saturated rings. The van der Waals surface area contributed by atoms with Gasteiger partial charge in [-0.15, -0.1) is 0 Å². The van der Waals surface area contributed by atoms with E-state index in [1.54, 1.807) is 18.2 Å². The topological polar surface area (TPSA) is 81.5 Å². The van der Waals surface area contributed by atoms with E-state index in [1.165, 1.54) is 0 Å². The Labute approximate surface area is 125 Å². The van der Waals surface area contributed by atoms with Crippen LogP contribution in [-0.4, -0.2) is 11.0 Å². The molecule has 0 bridgehead atoms. The van der Waals surface area contributed by atoms with E-state index in [9.17, 15) is 19.3 Å². The number of hydrogen-bond acceptors (Lipinski definition) is 4. The van der Waals surface area contributed by atoms with Crippen LogP contribution in [0.3, 0.4) is 0 Å². The summed E-state index contributed by atoms with van der Waals surface area (Å²) < 4.78 is 18.1. The van der Waals surface area contributed by atoms with Gasteiger partial charge in [0.2, 0.25) is 0 Å². The molecule has 7 heteroatoms. The van der Waals surface area contributed by atoms with Crippen molar-refractivity contribution < 1.29 is 18.8 Å². The van der Waals surface area contributed by atoms with Crippen molar-refractivity contribution in [1.29, 1.82) is 0 Å². The number of nitro benzene ring substituents is 1. The zero-order valence-electron chi connectivity index (χ0n) is 11.9. The maximum absolute atomic E-state index is 13.0. The molecule has 0 radical (unpaired) electrons. The summed E-state index contributed by atoms with van der Waals surface area (Å²) in [5.74, 6) is -0.454. The van der Waals surface area contributed by atoms with Crippen molar-refractivity contribution in [3.63, 3.8) is 0 Å². The van der Waals surface area contributed by atoms with Crippen LogP contribution in [0.25, 0.3) is 0 Å². The molecule has 2 aromatic carbocycles. The smallest absolute Gasteiger partial charge is 0.410 e. The summed E-state index contributed by atoms with van der Waals surface area (Å²) in [6.45, 7) is 3.78. The Balaban J connectivity index is 2.15. The molecule has 2 aromatic rings. The Bertz CT molecular complexity index is 746. The summed E-state index contributed by atoms with van der Waals surface area (Å²) in [5, 5.41) is 13.1. The molecule has 0 heterocycles. The van der Waals surface area contributed by atoms with Crippen LogP contribution in [0.1, 0.15) is 11.1 Å². The van der Waals surface area contributed by atoms with Crippen LogP contribution in [0, 0.1) is 29.8 Å². The van der Waals surface area contributed by atoms with E-state index in [1.807, 2.05) is 13.8 Å². The van der Waals surface area contributed by atoms with Crippen molar-refractivity contribution in [2.24, 2.45) is 0 Å². The van der Waals surface area contributed by atoms with Gasteiger partial charge in [0.15, 0.2) is 0 Å². The van der Waals surface area contributed by atoms with E-state index < -0.39 is 22.5 Å². The molecule has 6 nitrogen and oxygen atoms in total.